The molecule has 3 rings (SSSR count). The van der Waals surface area contributed by atoms with Crippen LogP contribution in [0.25, 0.3) is 5.69 Å². The zero-order valence-electron chi connectivity index (χ0n) is 13.9. The second-order valence-electron chi connectivity index (χ2n) is 6.04. The van der Waals surface area contributed by atoms with E-state index in [1.54, 1.807) is 31.2 Å². The summed E-state index contributed by atoms with van der Waals surface area (Å²) in [5.41, 5.74) is -0.00211. The van der Waals surface area contributed by atoms with Gasteiger partial charge in [0.25, 0.3) is 0 Å². The number of allylic oxidation sites excluding steroid dienone is 1. The van der Waals surface area contributed by atoms with Crippen LogP contribution in [0.15, 0.2) is 42.0 Å². The van der Waals surface area contributed by atoms with Gasteiger partial charge in [0.15, 0.2) is 0 Å². The van der Waals surface area contributed by atoms with Gasteiger partial charge in [-0.05, 0) is 43.7 Å². The highest BCUT2D eigenvalue weighted by atomic mass is 35.5. The lowest BCUT2D eigenvalue weighted by Gasteiger charge is -2.21. The second kappa shape index (κ2) is 7.09. The minimum Gasteiger partial charge on any atom is -0.457 e. The molecule has 0 spiro atoms. The number of hydrogen-bond acceptors (Lipinski definition) is 4. The van der Waals surface area contributed by atoms with Gasteiger partial charge in [0.2, 0.25) is 0 Å². The first-order valence-corrected chi connectivity index (χ1v) is 8.19. The predicted molar refractivity (Wildman–Crippen MR) is 89.5 cm³/mol. The Kier molecular flexibility index (Phi) is 5.06. The molecule has 1 saturated heterocycles. The summed E-state index contributed by atoms with van der Waals surface area (Å²) in [6.45, 7) is 2.72. The average Bonchev–Trinajstić information content (AvgIpc) is 3.25. The number of epoxide rings is 1. The van der Waals surface area contributed by atoms with Crippen molar-refractivity contribution < 1.29 is 18.3 Å². The molecule has 0 aliphatic carbocycles. The number of hydrogen-bond donors (Lipinski definition) is 0. The van der Waals surface area contributed by atoms with E-state index in [4.69, 9.17) is 21.1 Å². The monoisotopic (exact) mass is 369 g/mol. The maximum Gasteiger partial charge on any atom is 0.320 e. The van der Waals surface area contributed by atoms with Crippen LogP contribution < -0.4 is 4.74 Å². The SMILES string of the molecule is CC(CF)=C(F)CC1(C(C)Oc2ncnn2-c2ccc(Cl)cc2)CO1. The quantitative estimate of drug-likeness (QED) is 0.691. The normalized spacial score (nSPS) is 21.6. The van der Waals surface area contributed by atoms with E-state index in [-0.39, 0.29) is 18.0 Å². The van der Waals surface area contributed by atoms with Crippen LogP contribution in [0.1, 0.15) is 20.3 Å². The van der Waals surface area contributed by atoms with Crippen molar-refractivity contribution >= 4 is 11.6 Å². The Morgan fingerprint density at radius 2 is 2.12 bits per heavy atom. The molecule has 8 heteroatoms. The summed E-state index contributed by atoms with van der Waals surface area (Å²) in [7, 11) is 0. The Hall–Kier alpha value is -1.99. The molecule has 1 aromatic heterocycles. The van der Waals surface area contributed by atoms with Crippen molar-refractivity contribution in [2.75, 3.05) is 13.3 Å². The van der Waals surface area contributed by atoms with Gasteiger partial charge in [0, 0.05) is 11.4 Å². The fraction of sp³-hybridized carbons (Fsp3) is 0.412. The van der Waals surface area contributed by atoms with Crippen molar-refractivity contribution in [2.45, 2.75) is 32.0 Å². The number of halogens is 3. The Morgan fingerprint density at radius 3 is 2.72 bits per heavy atom. The first-order chi connectivity index (χ1) is 11.9. The third kappa shape index (κ3) is 3.82. The average molecular weight is 370 g/mol. The van der Waals surface area contributed by atoms with E-state index in [9.17, 15) is 8.78 Å². The zero-order valence-corrected chi connectivity index (χ0v) is 14.6. The Balaban J connectivity index is 1.75. The molecule has 25 heavy (non-hydrogen) atoms. The number of nitrogens with zero attached hydrogens (tertiary/aromatic N) is 3. The van der Waals surface area contributed by atoms with Crippen molar-refractivity contribution in [1.29, 1.82) is 0 Å². The van der Waals surface area contributed by atoms with Crippen LogP contribution in [-0.4, -0.2) is 39.8 Å². The van der Waals surface area contributed by atoms with Gasteiger partial charge in [-0.1, -0.05) is 11.6 Å². The molecule has 5 nitrogen and oxygen atoms in total. The largest absolute Gasteiger partial charge is 0.457 e. The molecule has 2 unspecified atom stereocenters. The van der Waals surface area contributed by atoms with Crippen LogP contribution in [0.5, 0.6) is 6.01 Å². The highest BCUT2D eigenvalue weighted by Gasteiger charge is 2.52. The molecule has 0 bridgehead atoms. The topological polar surface area (TPSA) is 52.5 Å². The van der Waals surface area contributed by atoms with Crippen molar-refractivity contribution in [3.8, 4) is 11.7 Å². The van der Waals surface area contributed by atoms with Crippen molar-refractivity contribution in [3.05, 3.63) is 47.0 Å². The van der Waals surface area contributed by atoms with E-state index in [2.05, 4.69) is 10.1 Å². The minimum atomic E-state index is -0.817. The van der Waals surface area contributed by atoms with Gasteiger partial charge in [-0.2, -0.15) is 14.8 Å². The van der Waals surface area contributed by atoms with Crippen LogP contribution in [-0.2, 0) is 4.74 Å². The molecular weight excluding hydrogens is 352 g/mol. The summed E-state index contributed by atoms with van der Waals surface area (Å²) in [5.74, 6) is -0.505. The highest BCUT2D eigenvalue weighted by molar-refractivity contribution is 6.30. The molecule has 0 saturated carbocycles. The standard InChI is InChI=1S/C17H18ClF2N3O2/c1-11(8-19)15(20)7-17(9-24-17)12(2)25-16-21-10-22-23(16)14-5-3-13(18)4-6-14/h3-6,10,12H,7-9H2,1-2H3. The van der Waals surface area contributed by atoms with Gasteiger partial charge in [-0.3, -0.25) is 0 Å². The molecule has 1 aromatic carbocycles. The maximum absolute atomic E-state index is 14.0. The van der Waals surface area contributed by atoms with Gasteiger partial charge < -0.3 is 9.47 Å². The first kappa shape index (κ1) is 17.8. The molecule has 0 radical (unpaired) electrons. The maximum atomic E-state index is 14.0. The fourth-order valence-electron chi connectivity index (χ4n) is 2.40. The fourth-order valence-corrected chi connectivity index (χ4v) is 2.52. The molecule has 0 N–H and O–H groups in total. The molecule has 2 atom stereocenters. The third-order valence-corrected chi connectivity index (χ3v) is 4.50. The molecule has 1 aliphatic heterocycles. The first-order valence-electron chi connectivity index (χ1n) is 7.82. The summed E-state index contributed by atoms with van der Waals surface area (Å²) >= 11 is 5.89. The number of ether oxygens (including phenoxy) is 2. The van der Waals surface area contributed by atoms with Crippen LogP contribution in [0.4, 0.5) is 8.78 Å². The van der Waals surface area contributed by atoms with E-state index in [0.29, 0.717) is 11.6 Å². The van der Waals surface area contributed by atoms with Crippen molar-refractivity contribution in [1.82, 2.24) is 14.8 Å². The molecule has 2 heterocycles. The second-order valence-corrected chi connectivity index (χ2v) is 6.48. The number of alkyl halides is 1. The summed E-state index contributed by atoms with van der Waals surface area (Å²) in [6.07, 6.45) is 0.852. The van der Waals surface area contributed by atoms with Gasteiger partial charge in [0.05, 0.1) is 12.3 Å². The lowest BCUT2D eigenvalue weighted by atomic mass is 9.98. The van der Waals surface area contributed by atoms with Crippen LogP contribution in [0.3, 0.4) is 0 Å². The van der Waals surface area contributed by atoms with Crippen LogP contribution >= 0.6 is 11.6 Å². The van der Waals surface area contributed by atoms with E-state index < -0.39 is 24.2 Å². The Morgan fingerprint density at radius 1 is 1.44 bits per heavy atom. The molecule has 2 aromatic rings. The molecule has 1 aliphatic rings. The van der Waals surface area contributed by atoms with Crippen molar-refractivity contribution in [2.24, 2.45) is 0 Å². The van der Waals surface area contributed by atoms with Gasteiger partial charge >= 0.3 is 6.01 Å². The molecule has 134 valence electrons. The molecular formula is C17H18ClF2N3O2. The van der Waals surface area contributed by atoms with Crippen LogP contribution in [0, 0.1) is 0 Å². The predicted octanol–water partition coefficient (Wildman–Crippen LogP) is 4.06. The number of rotatable bonds is 7. The van der Waals surface area contributed by atoms with Crippen molar-refractivity contribution in [3.63, 3.8) is 0 Å². The summed E-state index contributed by atoms with van der Waals surface area (Å²) in [5, 5.41) is 4.74. The van der Waals surface area contributed by atoms with E-state index in [0.717, 1.165) is 5.69 Å². The van der Waals surface area contributed by atoms with E-state index in [1.165, 1.54) is 17.9 Å². The Bertz CT molecular complexity index is 772. The number of benzene rings is 1. The summed E-state index contributed by atoms with van der Waals surface area (Å²) < 4.78 is 39.4. The zero-order chi connectivity index (χ0) is 18.0. The van der Waals surface area contributed by atoms with E-state index in [1.807, 2.05) is 0 Å². The van der Waals surface area contributed by atoms with E-state index >= 15 is 0 Å². The summed E-state index contributed by atoms with van der Waals surface area (Å²) in [6, 6.07) is 7.29. The lowest BCUT2D eigenvalue weighted by Crippen LogP contribution is -2.33. The number of aromatic nitrogens is 3. The Labute approximate surface area is 149 Å². The summed E-state index contributed by atoms with van der Waals surface area (Å²) in [4.78, 5) is 4.10. The molecule has 0 amide bonds. The lowest BCUT2D eigenvalue weighted by molar-refractivity contribution is 0.0948. The van der Waals surface area contributed by atoms with Gasteiger partial charge in [0.1, 0.15) is 30.5 Å². The highest BCUT2D eigenvalue weighted by Crippen LogP contribution is 2.40. The minimum absolute atomic E-state index is 0.0288. The third-order valence-electron chi connectivity index (χ3n) is 4.24. The smallest absolute Gasteiger partial charge is 0.320 e. The van der Waals surface area contributed by atoms with Crippen LogP contribution in [0.2, 0.25) is 5.02 Å². The van der Waals surface area contributed by atoms with Gasteiger partial charge in [-0.25, -0.2) is 8.78 Å². The van der Waals surface area contributed by atoms with Gasteiger partial charge in [-0.15, -0.1) is 0 Å². The molecule has 1 fully saturated rings.